The lowest BCUT2D eigenvalue weighted by Crippen LogP contribution is -2.37. The Morgan fingerprint density at radius 3 is 2.62 bits per heavy atom. The highest BCUT2D eigenvalue weighted by Crippen LogP contribution is 2.33. The van der Waals surface area contributed by atoms with Gasteiger partial charge in [0.2, 0.25) is 10.0 Å². The van der Waals surface area contributed by atoms with E-state index < -0.39 is 38.3 Å². The summed E-state index contributed by atoms with van der Waals surface area (Å²) in [6.07, 6.45) is -4.77. The Morgan fingerprint density at radius 1 is 1.25 bits per heavy atom. The Labute approximate surface area is 179 Å². The van der Waals surface area contributed by atoms with Crippen molar-refractivity contribution in [3.05, 3.63) is 53.3 Å². The molecule has 3 heterocycles. The van der Waals surface area contributed by atoms with E-state index in [9.17, 15) is 31.2 Å². The molecule has 32 heavy (non-hydrogen) atoms. The van der Waals surface area contributed by atoms with Gasteiger partial charge in [0.1, 0.15) is 21.9 Å². The molecule has 0 aliphatic carbocycles. The molecule has 0 spiro atoms. The summed E-state index contributed by atoms with van der Waals surface area (Å²) in [5.74, 6) is -1.24. The van der Waals surface area contributed by atoms with Gasteiger partial charge in [0.25, 0.3) is 11.8 Å². The molecule has 168 valence electrons. The summed E-state index contributed by atoms with van der Waals surface area (Å²) in [4.78, 5) is 28.4. The van der Waals surface area contributed by atoms with E-state index in [0.29, 0.717) is 41.5 Å². The third-order valence-corrected chi connectivity index (χ3v) is 5.98. The topological polar surface area (TPSA) is 136 Å². The lowest BCUT2D eigenvalue weighted by atomic mass is 10.2. The minimum Gasteiger partial charge on any atom is -0.349 e. The first-order valence-electron chi connectivity index (χ1n) is 9.22. The maximum Gasteiger partial charge on any atom is 0.416 e. The summed E-state index contributed by atoms with van der Waals surface area (Å²) in [6, 6.07) is 6.03. The standard InChI is InChI=1S/C19H16F3N5O4S/c1-9-8-24-18(29)14-6-10-2-4-12(25-16(10)27(9)14)17(28)26-13-7-11(19(20,21)22)3-5-15(13)32(23,30)31/h2-7,9H,8H2,1H3,(H,24,29)(H,26,28)(H2,23,30,31)/t9-/m1/s1. The van der Waals surface area contributed by atoms with Gasteiger partial charge in [-0.2, -0.15) is 13.2 Å². The average molecular weight is 467 g/mol. The fourth-order valence-electron chi connectivity index (χ4n) is 3.50. The van der Waals surface area contributed by atoms with Crippen molar-refractivity contribution >= 4 is 38.6 Å². The molecule has 2 amide bonds. The second kappa shape index (κ2) is 7.31. The number of carbonyl (C=O) groups is 2. The second-order valence-corrected chi connectivity index (χ2v) is 8.81. The number of primary sulfonamides is 1. The summed E-state index contributed by atoms with van der Waals surface area (Å²) in [7, 11) is -4.43. The van der Waals surface area contributed by atoms with E-state index in [1.807, 2.05) is 6.92 Å². The van der Waals surface area contributed by atoms with Gasteiger partial charge in [0.05, 0.1) is 17.3 Å². The summed E-state index contributed by atoms with van der Waals surface area (Å²) in [5.41, 5.74) is -1.28. The molecule has 13 heteroatoms. The fourth-order valence-corrected chi connectivity index (χ4v) is 4.18. The molecular weight excluding hydrogens is 451 g/mol. The lowest BCUT2D eigenvalue weighted by Gasteiger charge is -2.23. The molecule has 0 bridgehead atoms. The summed E-state index contributed by atoms with van der Waals surface area (Å²) < 4.78 is 64.5. The zero-order valence-electron chi connectivity index (χ0n) is 16.4. The van der Waals surface area contributed by atoms with Crippen molar-refractivity contribution in [3.63, 3.8) is 0 Å². The molecule has 1 aliphatic rings. The Bertz CT molecular complexity index is 1380. The molecule has 9 nitrogen and oxygen atoms in total. The highest BCUT2D eigenvalue weighted by molar-refractivity contribution is 7.89. The molecule has 4 rings (SSSR count). The van der Waals surface area contributed by atoms with Crippen molar-refractivity contribution < 1.29 is 31.2 Å². The van der Waals surface area contributed by atoms with Crippen molar-refractivity contribution in [2.75, 3.05) is 11.9 Å². The minimum absolute atomic E-state index is 0.150. The van der Waals surface area contributed by atoms with Gasteiger partial charge in [-0.25, -0.2) is 18.5 Å². The van der Waals surface area contributed by atoms with Crippen LogP contribution in [0.5, 0.6) is 0 Å². The molecular formula is C19H16F3N5O4S. The van der Waals surface area contributed by atoms with Crippen LogP contribution in [-0.2, 0) is 16.2 Å². The highest BCUT2D eigenvalue weighted by Gasteiger charge is 2.32. The third-order valence-electron chi connectivity index (χ3n) is 5.01. The van der Waals surface area contributed by atoms with E-state index >= 15 is 0 Å². The van der Waals surface area contributed by atoms with Gasteiger partial charge in [-0.05, 0) is 43.3 Å². The van der Waals surface area contributed by atoms with Gasteiger partial charge < -0.3 is 15.2 Å². The SMILES string of the molecule is C[C@@H]1CNC(=O)c2cc3ccc(C(=O)Nc4cc(C(F)(F)F)ccc4S(N)(=O)=O)nc3n21. The summed E-state index contributed by atoms with van der Waals surface area (Å²) >= 11 is 0. The number of nitrogens with two attached hydrogens (primary N) is 1. The van der Waals surface area contributed by atoms with Crippen LogP contribution in [0.1, 0.15) is 39.5 Å². The van der Waals surface area contributed by atoms with E-state index in [1.165, 1.54) is 12.1 Å². The van der Waals surface area contributed by atoms with E-state index in [1.54, 1.807) is 10.6 Å². The van der Waals surface area contributed by atoms with Crippen molar-refractivity contribution in [2.45, 2.75) is 24.0 Å². The highest BCUT2D eigenvalue weighted by atomic mass is 32.2. The van der Waals surface area contributed by atoms with Crippen LogP contribution in [0.15, 0.2) is 41.3 Å². The van der Waals surface area contributed by atoms with Crippen LogP contribution in [0.3, 0.4) is 0 Å². The first kappa shape index (κ1) is 21.8. The number of fused-ring (bicyclic) bond motifs is 3. The third kappa shape index (κ3) is 3.80. The van der Waals surface area contributed by atoms with Crippen LogP contribution >= 0.6 is 0 Å². The number of nitrogens with one attached hydrogen (secondary N) is 2. The number of sulfonamides is 1. The zero-order chi connectivity index (χ0) is 23.4. The largest absolute Gasteiger partial charge is 0.416 e. The Kier molecular flexibility index (Phi) is 4.97. The number of anilines is 1. The first-order valence-corrected chi connectivity index (χ1v) is 10.8. The Balaban J connectivity index is 1.76. The van der Waals surface area contributed by atoms with Crippen LogP contribution in [0.4, 0.5) is 18.9 Å². The number of alkyl halides is 3. The van der Waals surface area contributed by atoms with Crippen LogP contribution in [0.2, 0.25) is 0 Å². The normalized spacial score (nSPS) is 16.5. The van der Waals surface area contributed by atoms with Gasteiger partial charge in [0, 0.05) is 11.9 Å². The average Bonchev–Trinajstić information content (AvgIpc) is 3.09. The molecule has 1 aliphatic heterocycles. The molecule has 4 N–H and O–H groups in total. The smallest absolute Gasteiger partial charge is 0.349 e. The number of hydrogen-bond donors (Lipinski definition) is 3. The fraction of sp³-hybridized carbons (Fsp3) is 0.211. The number of hydrogen-bond acceptors (Lipinski definition) is 5. The molecule has 0 saturated carbocycles. The van der Waals surface area contributed by atoms with Gasteiger partial charge in [-0.1, -0.05) is 0 Å². The Morgan fingerprint density at radius 2 is 1.97 bits per heavy atom. The predicted molar refractivity (Wildman–Crippen MR) is 108 cm³/mol. The van der Waals surface area contributed by atoms with Crippen molar-refractivity contribution in [3.8, 4) is 0 Å². The number of benzene rings is 1. The monoisotopic (exact) mass is 467 g/mol. The van der Waals surface area contributed by atoms with Crippen molar-refractivity contribution in [2.24, 2.45) is 5.14 Å². The maximum absolute atomic E-state index is 13.1. The molecule has 0 fully saturated rings. The number of nitrogens with zero attached hydrogens (tertiary/aromatic N) is 2. The van der Waals surface area contributed by atoms with E-state index in [2.05, 4.69) is 15.6 Å². The van der Waals surface area contributed by atoms with Crippen molar-refractivity contribution in [1.82, 2.24) is 14.9 Å². The number of rotatable bonds is 3. The second-order valence-electron chi connectivity index (χ2n) is 7.28. The van der Waals surface area contributed by atoms with Crippen LogP contribution in [0, 0.1) is 0 Å². The number of halogens is 3. The first-order chi connectivity index (χ1) is 14.9. The summed E-state index contributed by atoms with van der Waals surface area (Å²) in [5, 5.41) is 10.5. The quantitative estimate of drug-likeness (QED) is 0.543. The maximum atomic E-state index is 13.1. The van der Waals surface area contributed by atoms with E-state index in [4.69, 9.17) is 5.14 Å². The molecule has 0 unspecified atom stereocenters. The molecule has 0 radical (unpaired) electrons. The molecule has 1 atom stereocenters. The number of carbonyl (C=O) groups excluding carboxylic acids is 2. The molecule has 2 aromatic heterocycles. The van der Waals surface area contributed by atoms with Crippen molar-refractivity contribution in [1.29, 1.82) is 0 Å². The number of aromatic nitrogens is 2. The van der Waals surface area contributed by atoms with Crippen LogP contribution < -0.4 is 15.8 Å². The molecule has 0 saturated heterocycles. The predicted octanol–water partition coefficient (Wildman–Crippen LogP) is 2.26. The van der Waals surface area contributed by atoms with E-state index in [0.717, 1.165) is 0 Å². The van der Waals surface area contributed by atoms with Gasteiger partial charge >= 0.3 is 6.18 Å². The van der Waals surface area contributed by atoms with Crippen LogP contribution in [0.25, 0.3) is 11.0 Å². The zero-order valence-corrected chi connectivity index (χ0v) is 17.2. The number of pyridine rings is 1. The van der Waals surface area contributed by atoms with E-state index in [-0.39, 0.29) is 17.6 Å². The number of amides is 2. The lowest BCUT2D eigenvalue weighted by molar-refractivity contribution is -0.137. The van der Waals surface area contributed by atoms with Gasteiger partial charge in [0.15, 0.2) is 0 Å². The minimum atomic E-state index is -4.77. The van der Waals surface area contributed by atoms with Gasteiger partial charge in [-0.3, -0.25) is 9.59 Å². The van der Waals surface area contributed by atoms with Crippen LogP contribution in [-0.4, -0.2) is 36.3 Å². The molecule has 3 aromatic rings. The Hall–Kier alpha value is -3.45. The molecule has 1 aromatic carbocycles. The summed E-state index contributed by atoms with van der Waals surface area (Å²) in [6.45, 7) is 2.20. The van der Waals surface area contributed by atoms with Gasteiger partial charge in [-0.15, -0.1) is 0 Å².